The zero-order valence-corrected chi connectivity index (χ0v) is 21.4. The highest BCUT2D eigenvalue weighted by molar-refractivity contribution is 6.15. The summed E-state index contributed by atoms with van der Waals surface area (Å²) < 4.78 is 28.6. The topological polar surface area (TPSA) is 122 Å². The smallest absolute Gasteiger partial charge is 0.335 e. The number of benzene rings is 3. The van der Waals surface area contributed by atoms with Gasteiger partial charge in [0.05, 0.1) is 37.7 Å². The first-order valence-electron chi connectivity index (χ1n) is 12.3. The first-order chi connectivity index (χ1) is 19.4. The maximum Gasteiger partial charge on any atom is 0.335 e. The SMILES string of the molecule is COc1cccc(C=C2Oc3c(ccc4c3C(c3ccc(-c5ccc(C(=O)O)cc5)o3)CC(=O)O4)C2=O)c1OC. The fourth-order valence-electron chi connectivity index (χ4n) is 4.99. The van der Waals surface area contributed by atoms with E-state index in [0.717, 1.165) is 0 Å². The number of furan rings is 1. The molecule has 0 fully saturated rings. The molecule has 0 bridgehead atoms. The highest BCUT2D eigenvalue weighted by atomic mass is 16.5. The third-order valence-electron chi connectivity index (χ3n) is 6.89. The first kappa shape index (κ1) is 25.0. The molecule has 0 saturated carbocycles. The first-order valence-corrected chi connectivity index (χ1v) is 12.3. The number of rotatable bonds is 6. The zero-order valence-electron chi connectivity index (χ0n) is 21.4. The van der Waals surface area contributed by atoms with Crippen molar-refractivity contribution in [2.24, 2.45) is 0 Å². The van der Waals surface area contributed by atoms with Gasteiger partial charge in [-0.15, -0.1) is 0 Å². The molecule has 40 heavy (non-hydrogen) atoms. The molecule has 200 valence electrons. The van der Waals surface area contributed by atoms with E-state index in [1.807, 2.05) is 0 Å². The van der Waals surface area contributed by atoms with Crippen LogP contribution in [0.15, 0.2) is 76.9 Å². The Hall–Kier alpha value is -5.31. The normalized spacial score (nSPS) is 16.6. The predicted octanol–water partition coefficient (Wildman–Crippen LogP) is 5.72. The lowest BCUT2D eigenvalue weighted by Crippen LogP contribution is -2.21. The number of carboxylic acids is 1. The van der Waals surface area contributed by atoms with Gasteiger partial charge >= 0.3 is 11.9 Å². The number of fused-ring (bicyclic) bond motifs is 3. The van der Waals surface area contributed by atoms with Crippen molar-refractivity contribution in [1.29, 1.82) is 0 Å². The van der Waals surface area contributed by atoms with Gasteiger partial charge in [0, 0.05) is 16.7 Å². The number of hydrogen-bond acceptors (Lipinski definition) is 8. The second-order valence-corrected chi connectivity index (χ2v) is 9.19. The molecule has 6 rings (SSSR count). The highest BCUT2D eigenvalue weighted by Crippen LogP contribution is 2.49. The summed E-state index contributed by atoms with van der Waals surface area (Å²) in [6.45, 7) is 0. The Morgan fingerprint density at radius 1 is 0.950 bits per heavy atom. The number of esters is 1. The number of allylic oxidation sites excluding steroid dienone is 1. The Morgan fingerprint density at radius 2 is 1.75 bits per heavy atom. The van der Waals surface area contributed by atoms with Crippen molar-refractivity contribution in [1.82, 2.24) is 0 Å². The fourth-order valence-corrected chi connectivity index (χ4v) is 4.99. The molecule has 4 aromatic rings. The second-order valence-electron chi connectivity index (χ2n) is 9.19. The fraction of sp³-hybridized carbons (Fsp3) is 0.129. The van der Waals surface area contributed by atoms with Gasteiger partial charge in [-0.05, 0) is 48.5 Å². The molecule has 3 heterocycles. The summed E-state index contributed by atoms with van der Waals surface area (Å²) in [5, 5.41) is 9.17. The number of carbonyl (C=O) groups excluding carboxylic acids is 2. The van der Waals surface area contributed by atoms with Crippen LogP contribution in [-0.4, -0.2) is 37.0 Å². The van der Waals surface area contributed by atoms with Gasteiger partial charge in [-0.3, -0.25) is 9.59 Å². The van der Waals surface area contributed by atoms with E-state index in [2.05, 4.69) is 0 Å². The van der Waals surface area contributed by atoms with Crippen molar-refractivity contribution in [3.05, 3.63) is 101 Å². The molecule has 0 aliphatic carbocycles. The van der Waals surface area contributed by atoms with Gasteiger partial charge in [0.2, 0.25) is 5.78 Å². The molecule has 1 unspecified atom stereocenters. The third kappa shape index (κ3) is 4.17. The molecule has 9 heteroatoms. The van der Waals surface area contributed by atoms with Gasteiger partial charge < -0.3 is 28.5 Å². The van der Waals surface area contributed by atoms with Gasteiger partial charge in [0.25, 0.3) is 0 Å². The van der Waals surface area contributed by atoms with E-state index in [1.165, 1.54) is 26.4 Å². The monoisotopic (exact) mass is 538 g/mol. The summed E-state index contributed by atoms with van der Waals surface area (Å²) >= 11 is 0. The van der Waals surface area contributed by atoms with Gasteiger partial charge in [0.15, 0.2) is 17.3 Å². The molecule has 0 radical (unpaired) electrons. The molecule has 2 aliphatic heterocycles. The molecule has 0 saturated heterocycles. The van der Waals surface area contributed by atoms with Gasteiger partial charge in [-0.2, -0.15) is 0 Å². The minimum atomic E-state index is -1.02. The standard InChI is InChI=1S/C31H22O9/c1-36-24-5-3-4-18(29(24)37-2)14-25-28(33)19-10-11-23-27(30(19)40-25)20(15-26(32)39-23)22-13-12-21(38-22)16-6-8-17(9-7-16)31(34)35/h3-14,20H,15H2,1-2H3,(H,34,35). The van der Waals surface area contributed by atoms with Gasteiger partial charge in [-0.25, -0.2) is 4.79 Å². The van der Waals surface area contributed by atoms with Crippen molar-refractivity contribution < 1.29 is 42.9 Å². The Balaban J connectivity index is 1.39. The van der Waals surface area contributed by atoms with E-state index in [1.54, 1.807) is 60.7 Å². The van der Waals surface area contributed by atoms with E-state index >= 15 is 0 Å². The van der Waals surface area contributed by atoms with Crippen LogP contribution in [0.3, 0.4) is 0 Å². The van der Waals surface area contributed by atoms with Crippen molar-refractivity contribution >= 4 is 23.8 Å². The Bertz CT molecular complexity index is 1710. The Morgan fingerprint density at radius 3 is 2.48 bits per heavy atom. The summed E-state index contributed by atoms with van der Waals surface area (Å²) in [4.78, 5) is 37.1. The van der Waals surface area contributed by atoms with Crippen molar-refractivity contribution in [2.45, 2.75) is 12.3 Å². The van der Waals surface area contributed by atoms with E-state index in [-0.39, 0.29) is 29.3 Å². The van der Waals surface area contributed by atoms with E-state index in [0.29, 0.717) is 51.0 Å². The molecule has 2 aliphatic rings. The van der Waals surface area contributed by atoms with Gasteiger partial charge in [-0.1, -0.05) is 24.3 Å². The third-order valence-corrected chi connectivity index (χ3v) is 6.89. The zero-order chi connectivity index (χ0) is 28.0. The van der Waals surface area contributed by atoms with Crippen LogP contribution in [-0.2, 0) is 4.79 Å². The molecule has 3 aromatic carbocycles. The lowest BCUT2D eigenvalue weighted by molar-refractivity contribution is -0.135. The number of ketones is 1. The number of Topliss-reactive ketones (excluding diaryl/α,β-unsaturated/α-hetero) is 1. The van der Waals surface area contributed by atoms with Crippen LogP contribution in [0.25, 0.3) is 17.4 Å². The summed E-state index contributed by atoms with van der Waals surface area (Å²) in [7, 11) is 3.04. The maximum absolute atomic E-state index is 13.4. The Labute approximate surface area is 228 Å². The highest BCUT2D eigenvalue weighted by Gasteiger charge is 2.39. The van der Waals surface area contributed by atoms with Crippen LogP contribution < -0.4 is 18.9 Å². The molecular weight excluding hydrogens is 516 g/mol. The van der Waals surface area contributed by atoms with Crippen LogP contribution in [0.5, 0.6) is 23.0 Å². The van der Waals surface area contributed by atoms with Crippen LogP contribution >= 0.6 is 0 Å². The Kier molecular flexibility index (Phi) is 6.11. The number of methoxy groups -OCH3 is 2. The maximum atomic E-state index is 13.4. The molecule has 1 aromatic heterocycles. The molecule has 0 amide bonds. The number of hydrogen-bond donors (Lipinski definition) is 1. The number of carbonyl (C=O) groups is 3. The number of ether oxygens (including phenoxy) is 4. The molecule has 1 atom stereocenters. The van der Waals surface area contributed by atoms with E-state index in [4.69, 9.17) is 28.5 Å². The largest absolute Gasteiger partial charge is 0.493 e. The second kappa shape index (κ2) is 9.77. The summed E-state index contributed by atoms with van der Waals surface area (Å²) in [6, 6.07) is 18.3. The van der Waals surface area contributed by atoms with E-state index < -0.39 is 17.9 Å². The molecule has 9 nitrogen and oxygen atoms in total. The summed E-state index contributed by atoms with van der Waals surface area (Å²) in [6.07, 6.45) is 1.57. The quantitative estimate of drug-likeness (QED) is 0.187. The van der Waals surface area contributed by atoms with Crippen LogP contribution in [0.4, 0.5) is 0 Å². The van der Waals surface area contributed by atoms with Crippen LogP contribution in [0.1, 0.15) is 49.9 Å². The minimum Gasteiger partial charge on any atom is -0.493 e. The van der Waals surface area contributed by atoms with E-state index in [9.17, 15) is 14.4 Å². The average molecular weight is 539 g/mol. The van der Waals surface area contributed by atoms with Crippen LogP contribution in [0.2, 0.25) is 0 Å². The number of carboxylic acid groups (broad SMARTS) is 1. The molecule has 0 spiro atoms. The average Bonchev–Trinajstić information content (AvgIpc) is 3.57. The molecule has 1 N–H and O–H groups in total. The lowest BCUT2D eigenvalue weighted by atomic mass is 9.88. The van der Waals surface area contributed by atoms with Gasteiger partial charge in [0.1, 0.15) is 23.0 Å². The molecular formula is C31H22O9. The lowest BCUT2D eigenvalue weighted by Gasteiger charge is -2.24. The predicted molar refractivity (Wildman–Crippen MR) is 142 cm³/mol. The number of aromatic carboxylic acids is 1. The summed E-state index contributed by atoms with van der Waals surface area (Å²) in [5.74, 6) is 0.266. The minimum absolute atomic E-state index is 0.0192. The summed E-state index contributed by atoms with van der Waals surface area (Å²) in [5.41, 5.74) is 2.31. The van der Waals surface area contributed by atoms with Crippen molar-refractivity contribution in [2.75, 3.05) is 14.2 Å². The van der Waals surface area contributed by atoms with Crippen molar-refractivity contribution in [3.63, 3.8) is 0 Å². The number of para-hydroxylation sites is 1. The van der Waals surface area contributed by atoms with Crippen LogP contribution in [0, 0.1) is 0 Å². The van der Waals surface area contributed by atoms with Crippen molar-refractivity contribution in [3.8, 4) is 34.3 Å².